The van der Waals surface area contributed by atoms with Crippen LogP contribution in [0, 0.1) is 0 Å². The van der Waals surface area contributed by atoms with E-state index in [0.29, 0.717) is 16.7 Å². The monoisotopic (exact) mass is 462 g/mol. The summed E-state index contributed by atoms with van der Waals surface area (Å²) >= 11 is 20.2. The highest BCUT2D eigenvalue weighted by atomic mass is 35.5. The molecule has 0 aliphatic carbocycles. The molecule has 0 bridgehead atoms. The topological polar surface area (TPSA) is 27.1 Å². The molecule has 4 rings (SSSR count). The number of thioether (sulfide) groups is 1. The minimum atomic E-state index is 0.491. The SMILES string of the molecule is CCOc1ccc(-n2c(SCc3ccc(Cl)cc3)nc3cc(Cl)c(Cl)cc32)cc1. The van der Waals surface area contributed by atoms with E-state index in [9.17, 15) is 0 Å². The van der Waals surface area contributed by atoms with Crippen LogP contribution in [0.5, 0.6) is 5.75 Å². The summed E-state index contributed by atoms with van der Waals surface area (Å²) in [5.41, 5.74) is 3.85. The second-order valence-corrected chi connectivity index (χ2v) is 8.52. The Labute approximate surface area is 188 Å². The van der Waals surface area contributed by atoms with Crippen molar-refractivity contribution < 1.29 is 4.74 Å². The van der Waals surface area contributed by atoms with Gasteiger partial charge in [0.1, 0.15) is 5.75 Å². The van der Waals surface area contributed by atoms with Gasteiger partial charge >= 0.3 is 0 Å². The van der Waals surface area contributed by atoms with Gasteiger partial charge in [-0.3, -0.25) is 4.57 Å². The van der Waals surface area contributed by atoms with Crippen LogP contribution in [0.15, 0.2) is 65.8 Å². The third kappa shape index (κ3) is 4.51. The molecular formula is C22H17Cl3N2OS. The van der Waals surface area contributed by atoms with Crippen molar-refractivity contribution in [3.05, 3.63) is 81.3 Å². The van der Waals surface area contributed by atoms with E-state index in [1.165, 1.54) is 5.56 Å². The van der Waals surface area contributed by atoms with E-state index < -0.39 is 0 Å². The molecule has 3 aromatic carbocycles. The minimum absolute atomic E-state index is 0.491. The number of aromatic nitrogens is 2. The van der Waals surface area contributed by atoms with Gasteiger partial charge in [0.05, 0.1) is 27.7 Å². The Balaban J connectivity index is 1.75. The van der Waals surface area contributed by atoms with Crippen LogP contribution in [0.4, 0.5) is 0 Å². The van der Waals surface area contributed by atoms with E-state index in [4.69, 9.17) is 44.5 Å². The van der Waals surface area contributed by atoms with Crippen LogP contribution in [0.25, 0.3) is 16.7 Å². The fraction of sp³-hybridized carbons (Fsp3) is 0.136. The summed E-state index contributed by atoms with van der Waals surface area (Å²) in [4.78, 5) is 4.81. The molecule has 0 fully saturated rings. The zero-order valence-corrected chi connectivity index (χ0v) is 18.6. The molecule has 0 saturated heterocycles. The number of fused-ring (bicyclic) bond motifs is 1. The van der Waals surface area contributed by atoms with Gasteiger partial charge in [0.25, 0.3) is 0 Å². The molecule has 0 aliphatic rings. The lowest BCUT2D eigenvalue weighted by atomic mass is 10.2. The number of hydrogen-bond donors (Lipinski definition) is 0. The van der Waals surface area contributed by atoms with E-state index in [-0.39, 0.29) is 0 Å². The molecule has 1 aromatic heterocycles. The van der Waals surface area contributed by atoms with Crippen LogP contribution in [-0.4, -0.2) is 16.2 Å². The van der Waals surface area contributed by atoms with Gasteiger partial charge in [0, 0.05) is 16.5 Å². The van der Waals surface area contributed by atoms with Crippen molar-refractivity contribution in [2.24, 2.45) is 0 Å². The molecule has 0 radical (unpaired) electrons. The highest BCUT2D eigenvalue weighted by Gasteiger charge is 2.15. The van der Waals surface area contributed by atoms with Crippen molar-refractivity contribution in [2.45, 2.75) is 17.8 Å². The van der Waals surface area contributed by atoms with Crippen molar-refractivity contribution in [2.75, 3.05) is 6.61 Å². The molecule has 0 N–H and O–H groups in total. The van der Waals surface area contributed by atoms with Crippen LogP contribution in [0.3, 0.4) is 0 Å². The molecule has 148 valence electrons. The van der Waals surface area contributed by atoms with Gasteiger partial charge in [-0.15, -0.1) is 0 Å². The number of rotatable bonds is 6. The van der Waals surface area contributed by atoms with Gasteiger partial charge in [-0.25, -0.2) is 4.98 Å². The molecule has 0 saturated carbocycles. The van der Waals surface area contributed by atoms with Crippen LogP contribution in [0.2, 0.25) is 15.1 Å². The smallest absolute Gasteiger partial charge is 0.174 e. The summed E-state index contributed by atoms with van der Waals surface area (Å²) in [7, 11) is 0. The lowest BCUT2D eigenvalue weighted by molar-refractivity contribution is 0.340. The molecule has 0 atom stereocenters. The standard InChI is InChI=1S/C22H17Cl3N2OS/c1-2-28-17-9-7-16(8-10-17)27-21-12-19(25)18(24)11-20(21)26-22(27)29-13-14-3-5-15(23)6-4-14/h3-12H,2,13H2,1H3. The van der Waals surface area contributed by atoms with Gasteiger partial charge < -0.3 is 4.74 Å². The Bertz CT molecular complexity index is 1140. The normalized spacial score (nSPS) is 11.2. The fourth-order valence-corrected chi connectivity index (χ4v) is 4.41. The van der Waals surface area contributed by atoms with Crippen molar-refractivity contribution in [1.82, 2.24) is 9.55 Å². The van der Waals surface area contributed by atoms with Gasteiger partial charge in [-0.1, -0.05) is 58.7 Å². The number of halogens is 3. The van der Waals surface area contributed by atoms with Crippen LogP contribution < -0.4 is 4.74 Å². The molecular weight excluding hydrogens is 447 g/mol. The second-order valence-electron chi connectivity index (χ2n) is 6.33. The van der Waals surface area contributed by atoms with Crippen LogP contribution in [0.1, 0.15) is 12.5 Å². The zero-order chi connectivity index (χ0) is 20.4. The third-order valence-corrected chi connectivity index (χ3v) is 6.34. The predicted octanol–water partition coefficient (Wildman–Crippen LogP) is 7.68. The van der Waals surface area contributed by atoms with Crippen molar-refractivity contribution in [3.8, 4) is 11.4 Å². The maximum atomic E-state index is 6.30. The number of hydrogen-bond acceptors (Lipinski definition) is 3. The summed E-state index contributed by atoms with van der Waals surface area (Å²) in [5.74, 6) is 1.59. The molecule has 1 heterocycles. The molecule has 29 heavy (non-hydrogen) atoms. The van der Waals surface area contributed by atoms with E-state index in [1.54, 1.807) is 17.8 Å². The first-order chi connectivity index (χ1) is 14.0. The van der Waals surface area contributed by atoms with Crippen molar-refractivity contribution in [1.29, 1.82) is 0 Å². The lowest BCUT2D eigenvalue weighted by Gasteiger charge is -2.11. The molecule has 0 aliphatic heterocycles. The maximum Gasteiger partial charge on any atom is 0.174 e. The first-order valence-electron chi connectivity index (χ1n) is 9.03. The maximum absolute atomic E-state index is 6.30. The summed E-state index contributed by atoms with van der Waals surface area (Å²) in [6.07, 6.45) is 0. The fourth-order valence-electron chi connectivity index (χ4n) is 2.98. The Morgan fingerprint density at radius 2 is 1.62 bits per heavy atom. The summed E-state index contributed by atoms with van der Waals surface area (Å²) in [6, 6.07) is 19.4. The molecule has 4 aromatic rings. The second kappa shape index (κ2) is 8.88. The average molecular weight is 464 g/mol. The summed E-state index contributed by atoms with van der Waals surface area (Å²) in [6.45, 7) is 2.60. The van der Waals surface area contributed by atoms with E-state index >= 15 is 0 Å². The Morgan fingerprint density at radius 3 is 2.31 bits per heavy atom. The first kappa shape index (κ1) is 20.4. The molecule has 0 unspecified atom stereocenters. The number of ether oxygens (including phenoxy) is 1. The van der Waals surface area contributed by atoms with Crippen LogP contribution in [-0.2, 0) is 5.75 Å². The third-order valence-electron chi connectivity index (χ3n) is 4.35. The highest BCUT2D eigenvalue weighted by Crippen LogP contribution is 2.34. The van der Waals surface area contributed by atoms with Gasteiger partial charge in [-0.2, -0.15) is 0 Å². The Hall–Kier alpha value is -1.85. The number of nitrogens with zero attached hydrogens (tertiary/aromatic N) is 2. The van der Waals surface area contributed by atoms with Gasteiger partial charge in [-0.05, 0) is 61.0 Å². The highest BCUT2D eigenvalue weighted by molar-refractivity contribution is 7.98. The van der Waals surface area contributed by atoms with E-state index in [1.807, 2.05) is 61.5 Å². The average Bonchev–Trinajstić information content (AvgIpc) is 3.06. The van der Waals surface area contributed by atoms with Crippen molar-refractivity contribution in [3.63, 3.8) is 0 Å². The Morgan fingerprint density at radius 1 is 0.931 bits per heavy atom. The zero-order valence-electron chi connectivity index (χ0n) is 15.5. The van der Waals surface area contributed by atoms with E-state index in [2.05, 4.69) is 4.57 Å². The van der Waals surface area contributed by atoms with Crippen LogP contribution >= 0.6 is 46.6 Å². The Kier molecular flexibility index (Phi) is 6.26. The first-order valence-corrected chi connectivity index (χ1v) is 11.1. The molecule has 3 nitrogen and oxygen atoms in total. The number of imidazole rings is 1. The van der Waals surface area contributed by atoms with Crippen molar-refractivity contribution >= 4 is 57.6 Å². The summed E-state index contributed by atoms with van der Waals surface area (Å²) < 4.78 is 7.66. The quantitative estimate of drug-likeness (QED) is 0.274. The van der Waals surface area contributed by atoms with E-state index in [0.717, 1.165) is 38.4 Å². The lowest BCUT2D eigenvalue weighted by Crippen LogP contribution is -1.98. The molecule has 0 amide bonds. The largest absolute Gasteiger partial charge is 0.494 e. The predicted molar refractivity (Wildman–Crippen MR) is 123 cm³/mol. The molecule has 7 heteroatoms. The number of benzene rings is 3. The minimum Gasteiger partial charge on any atom is -0.494 e. The van der Waals surface area contributed by atoms with Gasteiger partial charge in [0.15, 0.2) is 5.16 Å². The molecule has 0 spiro atoms. The summed E-state index contributed by atoms with van der Waals surface area (Å²) in [5, 5.41) is 2.58. The van der Waals surface area contributed by atoms with Gasteiger partial charge in [0.2, 0.25) is 0 Å².